The molecule has 0 atom stereocenters. The van der Waals surface area contributed by atoms with Crippen LogP contribution in [0.3, 0.4) is 0 Å². The third-order valence-corrected chi connectivity index (χ3v) is 2.38. The first-order valence-corrected chi connectivity index (χ1v) is 5.79. The van der Waals surface area contributed by atoms with Gasteiger partial charge in [-0.1, -0.05) is 24.3 Å². The molecule has 6 nitrogen and oxygen atoms in total. The summed E-state index contributed by atoms with van der Waals surface area (Å²) >= 11 is 0. The molecule has 0 unspecified atom stereocenters. The summed E-state index contributed by atoms with van der Waals surface area (Å²) in [5.74, 6) is -0.501. The molecule has 1 aromatic heterocycles. The van der Waals surface area contributed by atoms with Crippen LogP contribution in [0, 0.1) is 0 Å². The highest BCUT2D eigenvalue weighted by Gasteiger charge is 2.09. The summed E-state index contributed by atoms with van der Waals surface area (Å²) in [6.07, 6.45) is -0.711. The van der Waals surface area contributed by atoms with Gasteiger partial charge in [-0.2, -0.15) is 0 Å². The molecule has 19 heavy (non-hydrogen) atoms. The second kappa shape index (κ2) is 5.81. The molecule has 1 heterocycles. The topological polar surface area (TPSA) is 80.3 Å². The van der Waals surface area contributed by atoms with E-state index in [-0.39, 0.29) is 12.3 Å². The molecule has 0 fully saturated rings. The molecule has 2 aromatic rings. The van der Waals surface area contributed by atoms with Gasteiger partial charge >= 0.3 is 6.09 Å². The van der Waals surface area contributed by atoms with Crippen molar-refractivity contribution in [2.75, 3.05) is 6.61 Å². The maximum absolute atomic E-state index is 11.8. The first-order valence-electron chi connectivity index (χ1n) is 5.79. The number of carbonyl (C=O) groups is 2. The molecule has 0 aliphatic rings. The van der Waals surface area contributed by atoms with Crippen molar-refractivity contribution < 1.29 is 14.3 Å². The van der Waals surface area contributed by atoms with Gasteiger partial charge in [-0.3, -0.25) is 10.2 Å². The first kappa shape index (κ1) is 12.8. The number of hydrogen-bond acceptors (Lipinski definition) is 4. The van der Waals surface area contributed by atoms with Crippen molar-refractivity contribution in [1.29, 1.82) is 0 Å². The van der Waals surface area contributed by atoms with E-state index < -0.39 is 12.0 Å². The predicted octanol–water partition coefficient (Wildman–Crippen LogP) is 1.63. The van der Waals surface area contributed by atoms with E-state index in [1.807, 2.05) is 24.3 Å². The van der Waals surface area contributed by atoms with Gasteiger partial charge < -0.3 is 4.74 Å². The zero-order chi connectivity index (χ0) is 13.7. The number of nitrogens with zero attached hydrogens (tertiary/aromatic N) is 1. The number of amides is 2. The molecule has 2 rings (SSSR count). The third-order valence-electron chi connectivity index (χ3n) is 2.38. The minimum Gasteiger partial charge on any atom is -0.449 e. The SMILES string of the molecule is CCOC(=O)NNC(=O)c1ccc2ccccc2n1. The van der Waals surface area contributed by atoms with E-state index in [2.05, 4.69) is 20.6 Å². The Morgan fingerprint density at radius 1 is 1.16 bits per heavy atom. The Morgan fingerprint density at radius 2 is 1.95 bits per heavy atom. The molecule has 0 aliphatic heterocycles. The number of pyridine rings is 1. The van der Waals surface area contributed by atoms with E-state index >= 15 is 0 Å². The summed E-state index contributed by atoms with van der Waals surface area (Å²) in [6.45, 7) is 1.90. The van der Waals surface area contributed by atoms with Gasteiger partial charge in [0, 0.05) is 5.39 Å². The molecule has 0 saturated heterocycles. The number of nitrogens with one attached hydrogen (secondary N) is 2. The standard InChI is InChI=1S/C13H13N3O3/c1-2-19-13(18)16-15-12(17)11-8-7-9-5-3-4-6-10(9)14-11/h3-8H,2H2,1H3,(H,15,17)(H,16,18). The number of benzene rings is 1. The van der Waals surface area contributed by atoms with E-state index in [4.69, 9.17) is 0 Å². The van der Waals surface area contributed by atoms with Crippen LogP contribution in [0.1, 0.15) is 17.4 Å². The fraction of sp³-hybridized carbons (Fsp3) is 0.154. The van der Waals surface area contributed by atoms with Crippen LogP contribution in [-0.2, 0) is 4.74 Å². The Morgan fingerprint density at radius 3 is 2.74 bits per heavy atom. The van der Waals surface area contributed by atoms with Gasteiger partial charge in [-0.15, -0.1) is 0 Å². The highest BCUT2D eigenvalue weighted by Crippen LogP contribution is 2.11. The van der Waals surface area contributed by atoms with E-state index in [0.29, 0.717) is 5.52 Å². The maximum Gasteiger partial charge on any atom is 0.426 e. The number of rotatable bonds is 2. The van der Waals surface area contributed by atoms with Gasteiger partial charge in [-0.25, -0.2) is 15.2 Å². The van der Waals surface area contributed by atoms with Crippen molar-refractivity contribution in [3.8, 4) is 0 Å². The average Bonchev–Trinajstić information content (AvgIpc) is 2.44. The predicted molar refractivity (Wildman–Crippen MR) is 69.4 cm³/mol. The lowest BCUT2D eigenvalue weighted by Crippen LogP contribution is -2.42. The summed E-state index contributed by atoms with van der Waals surface area (Å²) < 4.78 is 4.61. The number of aromatic nitrogens is 1. The average molecular weight is 259 g/mol. The van der Waals surface area contributed by atoms with Gasteiger partial charge in [0.1, 0.15) is 5.69 Å². The second-order valence-electron chi connectivity index (χ2n) is 3.69. The van der Waals surface area contributed by atoms with Crippen molar-refractivity contribution >= 4 is 22.9 Å². The van der Waals surface area contributed by atoms with Gasteiger partial charge in [-0.05, 0) is 19.1 Å². The van der Waals surface area contributed by atoms with Crippen molar-refractivity contribution in [3.05, 3.63) is 42.1 Å². The zero-order valence-electron chi connectivity index (χ0n) is 10.3. The summed E-state index contributed by atoms with van der Waals surface area (Å²) in [7, 11) is 0. The summed E-state index contributed by atoms with van der Waals surface area (Å²) in [6, 6.07) is 10.8. The van der Waals surface area contributed by atoms with Crippen LogP contribution in [0.4, 0.5) is 4.79 Å². The number of fused-ring (bicyclic) bond motifs is 1. The van der Waals surface area contributed by atoms with Crippen LogP contribution < -0.4 is 10.9 Å². The molecule has 1 aromatic carbocycles. The molecule has 2 N–H and O–H groups in total. The molecule has 2 amide bonds. The van der Waals surface area contributed by atoms with Crippen LogP contribution in [-0.4, -0.2) is 23.6 Å². The minimum atomic E-state index is -0.711. The quantitative estimate of drug-likeness (QED) is 0.803. The number of hydrogen-bond donors (Lipinski definition) is 2. The number of para-hydroxylation sites is 1. The van der Waals surface area contributed by atoms with Crippen molar-refractivity contribution in [2.45, 2.75) is 6.92 Å². The Balaban J connectivity index is 2.07. The van der Waals surface area contributed by atoms with E-state index in [1.54, 1.807) is 19.1 Å². The molecule has 0 aliphatic carbocycles. The van der Waals surface area contributed by atoms with E-state index in [9.17, 15) is 9.59 Å². The van der Waals surface area contributed by atoms with Crippen LogP contribution in [0.15, 0.2) is 36.4 Å². The normalized spacial score (nSPS) is 9.95. The van der Waals surface area contributed by atoms with Crippen LogP contribution in [0.5, 0.6) is 0 Å². The fourth-order valence-corrected chi connectivity index (χ4v) is 1.53. The maximum atomic E-state index is 11.8. The number of hydrazine groups is 1. The van der Waals surface area contributed by atoms with Crippen LogP contribution >= 0.6 is 0 Å². The number of ether oxygens (including phenoxy) is 1. The lowest BCUT2D eigenvalue weighted by Gasteiger charge is -2.07. The van der Waals surface area contributed by atoms with Gasteiger partial charge in [0.15, 0.2) is 0 Å². The Hall–Kier alpha value is -2.63. The Labute approximate surface area is 109 Å². The van der Waals surface area contributed by atoms with Crippen molar-refractivity contribution in [3.63, 3.8) is 0 Å². The lowest BCUT2D eigenvalue weighted by molar-refractivity contribution is 0.0908. The summed E-state index contributed by atoms with van der Waals surface area (Å²) in [5, 5.41) is 0.942. The third kappa shape index (κ3) is 3.19. The number of carbonyl (C=O) groups excluding carboxylic acids is 2. The molecule has 0 radical (unpaired) electrons. The zero-order valence-corrected chi connectivity index (χ0v) is 10.3. The largest absolute Gasteiger partial charge is 0.449 e. The molecule has 6 heteroatoms. The molecule has 0 spiro atoms. The molecule has 0 saturated carbocycles. The van der Waals surface area contributed by atoms with Crippen molar-refractivity contribution in [1.82, 2.24) is 15.8 Å². The Kier molecular flexibility index (Phi) is 3.92. The van der Waals surface area contributed by atoms with E-state index in [0.717, 1.165) is 5.39 Å². The monoisotopic (exact) mass is 259 g/mol. The van der Waals surface area contributed by atoms with Gasteiger partial charge in [0.2, 0.25) is 0 Å². The lowest BCUT2D eigenvalue weighted by atomic mass is 10.2. The van der Waals surface area contributed by atoms with Gasteiger partial charge in [0.05, 0.1) is 12.1 Å². The minimum absolute atomic E-state index is 0.218. The molecular weight excluding hydrogens is 246 g/mol. The van der Waals surface area contributed by atoms with E-state index in [1.165, 1.54) is 0 Å². The highest BCUT2D eigenvalue weighted by atomic mass is 16.5. The second-order valence-corrected chi connectivity index (χ2v) is 3.69. The first-order chi connectivity index (χ1) is 9.20. The van der Waals surface area contributed by atoms with Crippen LogP contribution in [0.2, 0.25) is 0 Å². The Bertz CT molecular complexity index is 613. The highest BCUT2D eigenvalue weighted by molar-refractivity contribution is 5.95. The molecule has 98 valence electrons. The summed E-state index contributed by atoms with van der Waals surface area (Å²) in [4.78, 5) is 27.0. The fourth-order valence-electron chi connectivity index (χ4n) is 1.53. The van der Waals surface area contributed by atoms with Crippen molar-refractivity contribution in [2.24, 2.45) is 0 Å². The smallest absolute Gasteiger partial charge is 0.426 e. The molecular formula is C13H13N3O3. The van der Waals surface area contributed by atoms with Crippen LogP contribution in [0.25, 0.3) is 10.9 Å². The summed E-state index contributed by atoms with van der Waals surface area (Å²) in [5.41, 5.74) is 5.28. The molecule has 0 bridgehead atoms. The van der Waals surface area contributed by atoms with Gasteiger partial charge in [0.25, 0.3) is 5.91 Å².